The fourth-order valence-corrected chi connectivity index (χ4v) is 3.39. The highest BCUT2D eigenvalue weighted by atomic mass is 16.3. The molecule has 2 aliphatic rings. The Kier molecular flexibility index (Phi) is 5.42. The van der Waals surface area contributed by atoms with Gasteiger partial charge in [-0.25, -0.2) is 0 Å². The molecule has 3 atom stereocenters. The van der Waals surface area contributed by atoms with Crippen molar-refractivity contribution in [3.63, 3.8) is 0 Å². The largest absolute Gasteiger partial charge is 0.395 e. The first-order chi connectivity index (χ1) is 8.74. The monoisotopic (exact) mass is 255 g/mol. The fraction of sp³-hybridized carbons (Fsp3) is 1.00. The molecule has 4 heteroatoms. The van der Waals surface area contributed by atoms with E-state index in [9.17, 15) is 5.11 Å². The molecule has 0 radical (unpaired) electrons. The molecule has 2 aliphatic heterocycles. The summed E-state index contributed by atoms with van der Waals surface area (Å²) in [5.74, 6) is 0. The van der Waals surface area contributed by atoms with E-state index in [4.69, 9.17) is 0 Å². The van der Waals surface area contributed by atoms with Gasteiger partial charge < -0.3 is 15.3 Å². The number of fused-ring (bicyclic) bond motifs is 2. The van der Waals surface area contributed by atoms with Gasteiger partial charge in [0.2, 0.25) is 0 Å². The van der Waals surface area contributed by atoms with E-state index in [1.165, 1.54) is 32.4 Å². The summed E-state index contributed by atoms with van der Waals surface area (Å²) in [5.41, 5.74) is 0. The molecule has 0 aromatic heterocycles. The number of aliphatic hydroxyl groups is 1. The molecule has 0 spiro atoms. The number of hydrogen-bond donors (Lipinski definition) is 2. The van der Waals surface area contributed by atoms with Gasteiger partial charge in [0.05, 0.1) is 6.61 Å². The third-order valence-electron chi connectivity index (χ3n) is 4.61. The molecule has 106 valence electrons. The summed E-state index contributed by atoms with van der Waals surface area (Å²) >= 11 is 0. The van der Waals surface area contributed by atoms with Gasteiger partial charge in [0.15, 0.2) is 0 Å². The molecule has 0 saturated carbocycles. The van der Waals surface area contributed by atoms with E-state index in [0.717, 1.165) is 31.6 Å². The van der Waals surface area contributed by atoms with Crippen molar-refractivity contribution in [2.24, 2.45) is 0 Å². The van der Waals surface area contributed by atoms with Crippen LogP contribution in [0.4, 0.5) is 0 Å². The molecule has 0 aliphatic carbocycles. The van der Waals surface area contributed by atoms with Crippen molar-refractivity contribution >= 4 is 0 Å². The van der Waals surface area contributed by atoms with E-state index in [0.29, 0.717) is 0 Å². The highest BCUT2D eigenvalue weighted by Crippen LogP contribution is 2.28. The second-order valence-electron chi connectivity index (χ2n) is 5.93. The molecule has 2 bridgehead atoms. The zero-order valence-electron chi connectivity index (χ0n) is 11.9. The van der Waals surface area contributed by atoms with Gasteiger partial charge in [-0.1, -0.05) is 6.92 Å². The average Bonchev–Trinajstić information content (AvgIpc) is 2.62. The molecule has 0 amide bonds. The van der Waals surface area contributed by atoms with Crippen molar-refractivity contribution in [3.8, 4) is 0 Å². The van der Waals surface area contributed by atoms with Gasteiger partial charge in [0.1, 0.15) is 0 Å². The molecule has 0 aromatic carbocycles. The van der Waals surface area contributed by atoms with Crippen LogP contribution in [0.3, 0.4) is 0 Å². The van der Waals surface area contributed by atoms with Crippen molar-refractivity contribution in [2.75, 3.05) is 39.8 Å². The van der Waals surface area contributed by atoms with E-state index >= 15 is 0 Å². The standard InChI is InChI=1S/C14H29N3O/c1-3-7-15-12(11-18)9-17-8-6-13-4-5-14(10-17)16(13)2/h12-15,18H,3-11H2,1-2H3. The number of rotatable bonds is 6. The summed E-state index contributed by atoms with van der Waals surface area (Å²) in [6.45, 7) is 6.79. The van der Waals surface area contributed by atoms with Crippen LogP contribution >= 0.6 is 0 Å². The van der Waals surface area contributed by atoms with Crippen LogP contribution in [0.25, 0.3) is 0 Å². The SMILES string of the molecule is CCCNC(CO)CN1CCC2CCC(C1)N2C. The maximum absolute atomic E-state index is 9.44. The second-order valence-corrected chi connectivity index (χ2v) is 5.93. The molecule has 2 saturated heterocycles. The van der Waals surface area contributed by atoms with Crippen molar-refractivity contribution in [1.29, 1.82) is 0 Å². The topological polar surface area (TPSA) is 38.7 Å². The number of hydrogen-bond acceptors (Lipinski definition) is 4. The number of aliphatic hydroxyl groups excluding tert-OH is 1. The second kappa shape index (κ2) is 6.85. The van der Waals surface area contributed by atoms with Crippen LogP contribution in [0, 0.1) is 0 Å². The Balaban J connectivity index is 1.82. The molecular weight excluding hydrogens is 226 g/mol. The van der Waals surface area contributed by atoms with Crippen LogP contribution in [0.15, 0.2) is 0 Å². The van der Waals surface area contributed by atoms with Crippen LogP contribution in [-0.4, -0.2) is 72.9 Å². The zero-order chi connectivity index (χ0) is 13.0. The fourth-order valence-electron chi connectivity index (χ4n) is 3.39. The normalized spacial score (nSPS) is 31.5. The van der Waals surface area contributed by atoms with E-state index in [-0.39, 0.29) is 12.6 Å². The third kappa shape index (κ3) is 3.44. The van der Waals surface area contributed by atoms with Gasteiger partial charge in [0.25, 0.3) is 0 Å². The van der Waals surface area contributed by atoms with Gasteiger partial charge in [-0.3, -0.25) is 4.90 Å². The predicted octanol–water partition coefficient (Wildman–Crippen LogP) is 0.515. The van der Waals surface area contributed by atoms with Gasteiger partial charge in [0, 0.05) is 31.2 Å². The predicted molar refractivity (Wildman–Crippen MR) is 74.8 cm³/mol. The smallest absolute Gasteiger partial charge is 0.0597 e. The lowest BCUT2D eigenvalue weighted by Crippen LogP contribution is -2.46. The Morgan fingerprint density at radius 2 is 2.06 bits per heavy atom. The minimum atomic E-state index is 0.242. The Morgan fingerprint density at radius 3 is 2.78 bits per heavy atom. The van der Waals surface area contributed by atoms with Crippen molar-refractivity contribution in [3.05, 3.63) is 0 Å². The van der Waals surface area contributed by atoms with Crippen LogP contribution < -0.4 is 5.32 Å². The summed E-state index contributed by atoms with van der Waals surface area (Å²) in [5, 5.41) is 12.9. The number of likely N-dealkylation sites (N-methyl/N-ethyl adjacent to an activating group) is 1. The number of nitrogens with zero attached hydrogens (tertiary/aromatic N) is 2. The average molecular weight is 255 g/mol. The molecule has 0 aromatic rings. The lowest BCUT2D eigenvalue weighted by atomic mass is 10.1. The molecule has 3 unspecified atom stereocenters. The summed E-state index contributed by atoms with van der Waals surface area (Å²) in [4.78, 5) is 5.12. The molecular formula is C14H29N3O. The summed E-state index contributed by atoms with van der Waals surface area (Å²) in [7, 11) is 2.28. The quantitative estimate of drug-likeness (QED) is 0.726. The van der Waals surface area contributed by atoms with Crippen LogP contribution in [0.2, 0.25) is 0 Å². The van der Waals surface area contributed by atoms with Crippen LogP contribution in [-0.2, 0) is 0 Å². The van der Waals surface area contributed by atoms with Crippen LogP contribution in [0.5, 0.6) is 0 Å². The first-order valence-corrected chi connectivity index (χ1v) is 7.53. The molecule has 18 heavy (non-hydrogen) atoms. The third-order valence-corrected chi connectivity index (χ3v) is 4.61. The Hall–Kier alpha value is -0.160. The van der Waals surface area contributed by atoms with Gasteiger partial charge in [-0.05, 0) is 45.8 Å². The Labute approximate surface area is 111 Å². The molecule has 4 nitrogen and oxygen atoms in total. The molecule has 2 rings (SSSR count). The minimum absolute atomic E-state index is 0.242. The van der Waals surface area contributed by atoms with Gasteiger partial charge >= 0.3 is 0 Å². The Morgan fingerprint density at radius 1 is 1.28 bits per heavy atom. The summed E-state index contributed by atoms with van der Waals surface area (Å²) in [6.07, 6.45) is 5.15. The highest BCUT2D eigenvalue weighted by Gasteiger charge is 2.34. The first kappa shape index (κ1) is 14.3. The minimum Gasteiger partial charge on any atom is -0.395 e. The molecule has 2 heterocycles. The maximum atomic E-state index is 9.44. The van der Waals surface area contributed by atoms with E-state index in [1.54, 1.807) is 0 Å². The molecule has 2 fully saturated rings. The van der Waals surface area contributed by atoms with E-state index in [2.05, 4.69) is 29.1 Å². The van der Waals surface area contributed by atoms with Gasteiger partial charge in [-0.2, -0.15) is 0 Å². The van der Waals surface area contributed by atoms with Crippen molar-refractivity contribution in [1.82, 2.24) is 15.1 Å². The maximum Gasteiger partial charge on any atom is 0.0597 e. The lowest BCUT2D eigenvalue weighted by Gasteiger charge is -2.29. The number of nitrogens with one attached hydrogen (secondary N) is 1. The lowest BCUT2D eigenvalue weighted by molar-refractivity contribution is 0.168. The zero-order valence-corrected chi connectivity index (χ0v) is 11.9. The van der Waals surface area contributed by atoms with Crippen molar-refractivity contribution in [2.45, 2.75) is 50.7 Å². The molecule has 2 N–H and O–H groups in total. The summed E-state index contributed by atoms with van der Waals surface area (Å²) < 4.78 is 0. The van der Waals surface area contributed by atoms with E-state index < -0.39 is 0 Å². The van der Waals surface area contributed by atoms with Crippen LogP contribution in [0.1, 0.15) is 32.6 Å². The Bertz CT molecular complexity index is 249. The van der Waals surface area contributed by atoms with Crippen molar-refractivity contribution < 1.29 is 5.11 Å². The first-order valence-electron chi connectivity index (χ1n) is 7.53. The van der Waals surface area contributed by atoms with E-state index in [1.807, 2.05) is 0 Å². The van der Waals surface area contributed by atoms with Gasteiger partial charge in [-0.15, -0.1) is 0 Å². The highest BCUT2D eigenvalue weighted by molar-refractivity contribution is 4.91. The number of likely N-dealkylation sites (tertiary alicyclic amines) is 1. The summed E-state index contributed by atoms with van der Waals surface area (Å²) in [6, 6.07) is 1.78.